The molecule has 1 heterocycles. The van der Waals surface area contributed by atoms with Crippen LogP contribution >= 0.6 is 0 Å². The Morgan fingerprint density at radius 1 is 1.47 bits per heavy atom. The Labute approximate surface area is 111 Å². The van der Waals surface area contributed by atoms with E-state index in [4.69, 9.17) is 10.5 Å². The number of methoxy groups -OCH3 is 1. The van der Waals surface area contributed by atoms with Gasteiger partial charge in [0.1, 0.15) is 5.82 Å². The molecule has 0 bridgehead atoms. The van der Waals surface area contributed by atoms with E-state index in [1.54, 1.807) is 20.1 Å². The highest BCUT2D eigenvalue weighted by molar-refractivity contribution is 5.79. The summed E-state index contributed by atoms with van der Waals surface area (Å²) < 4.78 is 21.1. The molecule has 2 N–H and O–H groups in total. The van der Waals surface area contributed by atoms with Crippen LogP contribution in [0, 0.1) is 12.7 Å². The highest BCUT2D eigenvalue weighted by atomic mass is 19.1. The summed E-state index contributed by atoms with van der Waals surface area (Å²) in [5.74, 6) is 0.172. The van der Waals surface area contributed by atoms with Gasteiger partial charge in [0.2, 0.25) is 5.95 Å². The number of aromatic nitrogens is 2. The quantitative estimate of drug-likeness (QED) is 0.926. The lowest BCUT2D eigenvalue weighted by Gasteiger charge is -2.40. The second-order valence-corrected chi connectivity index (χ2v) is 5.39. The van der Waals surface area contributed by atoms with Crippen molar-refractivity contribution in [2.75, 3.05) is 12.8 Å². The summed E-state index contributed by atoms with van der Waals surface area (Å²) in [6.07, 6.45) is 3.24. The summed E-state index contributed by atoms with van der Waals surface area (Å²) in [6.45, 7) is 2.43. The van der Waals surface area contributed by atoms with Gasteiger partial charge < -0.3 is 15.0 Å². The fraction of sp³-hybridized carbons (Fsp3) is 0.500. The number of hydrogen-bond donors (Lipinski definition) is 1. The van der Waals surface area contributed by atoms with E-state index in [1.165, 1.54) is 12.5 Å². The molecular weight excluding hydrogens is 245 g/mol. The van der Waals surface area contributed by atoms with Crippen LogP contribution < -0.4 is 5.73 Å². The third-order valence-corrected chi connectivity index (χ3v) is 4.20. The van der Waals surface area contributed by atoms with Crippen LogP contribution in [0.1, 0.15) is 24.8 Å². The zero-order valence-corrected chi connectivity index (χ0v) is 11.2. The van der Waals surface area contributed by atoms with E-state index in [9.17, 15) is 4.39 Å². The molecule has 1 saturated carbocycles. The normalized spacial score (nSPS) is 17.6. The van der Waals surface area contributed by atoms with Gasteiger partial charge in [-0.3, -0.25) is 0 Å². The van der Waals surface area contributed by atoms with Crippen LogP contribution in [0.25, 0.3) is 11.0 Å². The zero-order chi connectivity index (χ0) is 13.6. The lowest BCUT2D eigenvalue weighted by Crippen LogP contribution is -2.43. The average molecular weight is 263 g/mol. The van der Waals surface area contributed by atoms with Crippen molar-refractivity contribution in [3.63, 3.8) is 0 Å². The number of nitrogens with zero attached hydrogens (tertiary/aromatic N) is 2. The molecule has 1 aliphatic carbocycles. The molecule has 19 heavy (non-hydrogen) atoms. The number of aryl methyl sites for hydroxylation is 1. The lowest BCUT2D eigenvalue weighted by atomic mass is 9.80. The summed E-state index contributed by atoms with van der Waals surface area (Å²) in [4.78, 5) is 4.24. The molecule has 1 aromatic carbocycles. The average Bonchev–Trinajstić information content (AvgIpc) is 2.61. The predicted octanol–water partition coefficient (Wildman–Crippen LogP) is 2.64. The van der Waals surface area contributed by atoms with Gasteiger partial charge in [0, 0.05) is 13.2 Å². The molecule has 2 aromatic rings. The third kappa shape index (κ3) is 1.89. The van der Waals surface area contributed by atoms with Gasteiger partial charge >= 0.3 is 0 Å². The molecule has 0 amide bonds. The molecule has 3 rings (SSSR count). The summed E-state index contributed by atoms with van der Waals surface area (Å²) in [5, 5.41) is 0. The monoisotopic (exact) mass is 263 g/mol. The first-order chi connectivity index (χ1) is 9.04. The van der Waals surface area contributed by atoms with Gasteiger partial charge in [0.15, 0.2) is 0 Å². The van der Waals surface area contributed by atoms with E-state index in [1.807, 2.05) is 4.57 Å². The molecule has 1 aliphatic rings. The lowest BCUT2D eigenvalue weighted by molar-refractivity contribution is -0.0824. The van der Waals surface area contributed by atoms with Gasteiger partial charge in [0.25, 0.3) is 0 Å². The van der Waals surface area contributed by atoms with Crippen LogP contribution in [0.5, 0.6) is 0 Å². The van der Waals surface area contributed by atoms with Crippen molar-refractivity contribution < 1.29 is 9.13 Å². The number of nitrogen functional groups attached to an aromatic ring is 1. The maximum absolute atomic E-state index is 13.6. The Kier molecular flexibility index (Phi) is 2.74. The van der Waals surface area contributed by atoms with E-state index in [0.717, 1.165) is 18.4 Å². The molecule has 0 spiro atoms. The van der Waals surface area contributed by atoms with Crippen molar-refractivity contribution in [3.8, 4) is 0 Å². The Morgan fingerprint density at radius 3 is 2.79 bits per heavy atom. The molecule has 102 valence electrons. The molecule has 4 nitrogen and oxygen atoms in total. The molecule has 5 heteroatoms. The number of anilines is 1. The van der Waals surface area contributed by atoms with Crippen LogP contribution in [-0.4, -0.2) is 22.3 Å². The molecule has 0 aliphatic heterocycles. The topological polar surface area (TPSA) is 53.1 Å². The van der Waals surface area contributed by atoms with Gasteiger partial charge in [-0.1, -0.05) is 0 Å². The van der Waals surface area contributed by atoms with Crippen molar-refractivity contribution >= 4 is 17.0 Å². The number of rotatable bonds is 3. The highest BCUT2D eigenvalue weighted by Gasteiger charge is 2.38. The Morgan fingerprint density at radius 2 is 2.21 bits per heavy atom. The summed E-state index contributed by atoms with van der Waals surface area (Å²) in [7, 11) is 1.74. The van der Waals surface area contributed by atoms with Crippen LogP contribution in [0.2, 0.25) is 0 Å². The molecular formula is C14H18FN3O. The number of imidazole rings is 1. The van der Waals surface area contributed by atoms with E-state index in [0.29, 0.717) is 23.6 Å². The van der Waals surface area contributed by atoms with Crippen LogP contribution in [0.4, 0.5) is 10.3 Å². The van der Waals surface area contributed by atoms with Crippen molar-refractivity contribution in [2.45, 2.75) is 38.3 Å². The number of hydrogen-bond acceptors (Lipinski definition) is 3. The Bertz CT molecular complexity index is 626. The van der Waals surface area contributed by atoms with Crippen LogP contribution in [0.15, 0.2) is 12.1 Å². The largest absolute Gasteiger partial charge is 0.376 e. The summed E-state index contributed by atoms with van der Waals surface area (Å²) in [6, 6.07) is 3.24. The second kappa shape index (κ2) is 4.20. The standard InChI is InChI=1S/C14H18FN3O/c1-9-6-12-11(7-10(9)15)17-13(16)18(12)8-14(19-2)4-3-5-14/h6-7H,3-5,8H2,1-2H3,(H2,16,17). The van der Waals surface area contributed by atoms with E-state index >= 15 is 0 Å². The van der Waals surface area contributed by atoms with Gasteiger partial charge in [-0.2, -0.15) is 0 Å². The van der Waals surface area contributed by atoms with Crippen LogP contribution in [-0.2, 0) is 11.3 Å². The number of ether oxygens (including phenoxy) is 1. The van der Waals surface area contributed by atoms with E-state index < -0.39 is 0 Å². The van der Waals surface area contributed by atoms with Crippen molar-refractivity contribution in [2.24, 2.45) is 0 Å². The number of benzene rings is 1. The molecule has 0 radical (unpaired) electrons. The second-order valence-electron chi connectivity index (χ2n) is 5.39. The van der Waals surface area contributed by atoms with Gasteiger partial charge in [-0.25, -0.2) is 9.37 Å². The molecule has 1 aromatic heterocycles. The van der Waals surface area contributed by atoms with E-state index in [2.05, 4.69) is 4.98 Å². The molecule has 0 saturated heterocycles. The van der Waals surface area contributed by atoms with Crippen molar-refractivity contribution in [1.82, 2.24) is 9.55 Å². The molecule has 0 unspecified atom stereocenters. The highest BCUT2D eigenvalue weighted by Crippen LogP contribution is 2.38. The smallest absolute Gasteiger partial charge is 0.201 e. The predicted molar refractivity (Wildman–Crippen MR) is 72.4 cm³/mol. The molecule has 1 fully saturated rings. The number of fused-ring (bicyclic) bond motifs is 1. The SMILES string of the molecule is COC1(Cn2c(N)nc3cc(F)c(C)cc32)CCC1. The Balaban J connectivity index is 2.07. The first kappa shape index (κ1) is 12.4. The fourth-order valence-electron chi connectivity index (χ4n) is 2.72. The molecule has 0 atom stereocenters. The summed E-state index contributed by atoms with van der Waals surface area (Å²) >= 11 is 0. The first-order valence-electron chi connectivity index (χ1n) is 6.52. The zero-order valence-electron chi connectivity index (χ0n) is 11.2. The minimum atomic E-state index is -0.248. The van der Waals surface area contributed by atoms with Crippen molar-refractivity contribution in [3.05, 3.63) is 23.5 Å². The van der Waals surface area contributed by atoms with Gasteiger partial charge in [-0.15, -0.1) is 0 Å². The number of halogens is 1. The van der Waals surface area contributed by atoms with Gasteiger partial charge in [-0.05, 0) is 37.8 Å². The number of nitrogens with two attached hydrogens (primary N) is 1. The maximum Gasteiger partial charge on any atom is 0.201 e. The van der Waals surface area contributed by atoms with Crippen molar-refractivity contribution in [1.29, 1.82) is 0 Å². The van der Waals surface area contributed by atoms with Gasteiger partial charge in [0.05, 0.1) is 23.2 Å². The Hall–Kier alpha value is -1.62. The minimum Gasteiger partial charge on any atom is -0.376 e. The summed E-state index contributed by atoms with van der Waals surface area (Å²) in [5.41, 5.74) is 7.92. The first-order valence-corrected chi connectivity index (χ1v) is 6.52. The maximum atomic E-state index is 13.6. The van der Waals surface area contributed by atoms with Crippen LogP contribution in [0.3, 0.4) is 0 Å². The fourth-order valence-corrected chi connectivity index (χ4v) is 2.72. The third-order valence-electron chi connectivity index (χ3n) is 4.20. The minimum absolute atomic E-state index is 0.135. The van der Waals surface area contributed by atoms with E-state index in [-0.39, 0.29) is 11.4 Å².